The Morgan fingerprint density at radius 1 is 1.09 bits per heavy atom. The summed E-state index contributed by atoms with van der Waals surface area (Å²) in [4.78, 5) is 62.7. The molecule has 13 heteroatoms. The van der Waals surface area contributed by atoms with E-state index in [1.165, 1.54) is 0 Å². The summed E-state index contributed by atoms with van der Waals surface area (Å²) in [5.41, 5.74) is -0.252. The summed E-state index contributed by atoms with van der Waals surface area (Å²) in [6, 6.07) is 0. The summed E-state index contributed by atoms with van der Waals surface area (Å²) in [6.45, 7) is 11.1. The van der Waals surface area contributed by atoms with Crippen molar-refractivity contribution in [1.82, 2.24) is 10.4 Å². The third-order valence-electron chi connectivity index (χ3n) is 4.97. The number of hydrogen-bond donors (Lipinski definition) is 1. The Hall–Kier alpha value is -2.93. The van der Waals surface area contributed by atoms with Crippen LogP contribution in [0.1, 0.15) is 55.4 Å². The van der Waals surface area contributed by atoms with Crippen LogP contribution in [-0.4, -0.2) is 83.4 Å². The number of carbonyl (C=O) groups excluding carboxylic acids is 5. The van der Waals surface area contributed by atoms with Crippen molar-refractivity contribution in [1.29, 1.82) is 0 Å². The molecular weight excluding hydrogens is 456 g/mol. The zero-order chi connectivity index (χ0) is 26.0. The van der Waals surface area contributed by atoms with Gasteiger partial charge in [-0.15, -0.1) is 0 Å². The molecular formula is C21H32N2O11. The minimum atomic E-state index is -2.34. The molecule has 13 nitrogen and oxygen atoms in total. The first kappa shape index (κ1) is 27.3. The minimum Gasteiger partial charge on any atom is -0.459 e. The van der Waals surface area contributed by atoms with Gasteiger partial charge in [0.2, 0.25) is 5.54 Å². The van der Waals surface area contributed by atoms with Crippen LogP contribution >= 0.6 is 0 Å². The van der Waals surface area contributed by atoms with Gasteiger partial charge in [-0.2, -0.15) is 5.01 Å². The Bertz CT molecular complexity index is 841. The highest BCUT2D eigenvalue weighted by Crippen LogP contribution is 2.36. The molecule has 0 spiro atoms. The van der Waals surface area contributed by atoms with Crippen molar-refractivity contribution in [2.45, 2.75) is 97.2 Å². The minimum absolute atomic E-state index is 0.421. The second kappa shape index (κ2) is 10.1. The molecule has 192 valence electrons. The lowest BCUT2D eigenvalue weighted by Crippen LogP contribution is -2.66. The molecule has 0 aromatic rings. The first-order chi connectivity index (χ1) is 15.6. The van der Waals surface area contributed by atoms with Crippen molar-refractivity contribution >= 4 is 29.9 Å². The zero-order valence-electron chi connectivity index (χ0n) is 20.5. The summed E-state index contributed by atoms with van der Waals surface area (Å²) < 4.78 is 31.6. The number of cyclic esters (lactones) is 1. The molecule has 0 unspecified atom stereocenters. The lowest BCUT2D eigenvalue weighted by Gasteiger charge is -2.36. The number of nitrogens with one attached hydrogen (secondary N) is 1. The molecule has 2 heterocycles. The Morgan fingerprint density at radius 3 is 2.21 bits per heavy atom. The molecule has 1 N–H and O–H groups in total. The third kappa shape index (κ3) is 5.95. The average molecular weight is 488 g/mol. The lowest BCUT2D eigenvalue weighted by atomic mass is 9.97. The normalized spacial score (nSPS) is 24.6. The van der Waals surface area contributed by atoms with Gasteiger partial charge >= 0.3 is 24.1 Å². The van der Waals surface area contributed by atoms with Crippen LogP contribution in [0.3, 0.4) is 0 Å². The smallest absolute Gasteiger partial charge is 0.430 e. The van der Waals surface area contributed by atoms with Gasteiger partial charge in [0.15, 0.2) is 23.8 Å². The molecule has 0 aromatic heterocycles. The number of Topliss-reactive ketones (excluding diaryl/α,β-unsaturated/α-hetero) is 1. The number of ether oxygens (including phenoxy) is 6. The largest absolute Gasteiger partial charge is 0.459 e. The number of hydrogen-bond acceptors (Lipinski definition) is 11. The van der Waals surface area contributed by atoms with Crippen LogP contribution in [0.2, 0.25) is 0 Å². The van der Waals surface area contributed by atoms with Crippen LogP contribution < -0.4 is 5.43 Å². The van der Waals surface area contributed by atoms with E-state index in [9.17, 15) is 24.0 Å². The topological polar surface area (TPSA) is 156 Å². The van der Waals surface area contributed by atoms with Gasteiger partial charge in [0.25, 0.3) is 0 Å². The van der Waals surface area contributed by atoms with E-state index in [0.29, 0.717) is 5.01 Å². The first-order valence-electron chi connectivity index (χ1n) is 10.8. The van der Waals surface area contributed by atoms with E-state index < -0.39 is 78.4 Å². The molecule has 0 saturated carbocycles. The highest BCUT2D eigenvalue weighted by Gasteiger charge is 2.57. The van der Waals surface area contributed by atoms with Gasteiger partial charge in [-0.05, 0) is 55.4 Å². The van der Waals surface area contributed by atoms with Crippen LogP contribution in [0, 0.1) is 0 Å². The van der Waals surface area contributed by atoms with E-state index in [1.54, 1.807) is 41.5 Å². The molecule has 34 heavy (non-hydrogen) atoms. The van der Waals surface area contributed by atoms with Gasteiger partial charge in [-0.3, -0.25) is 4.79 Å². The van der Waals surface area contributed by atoms with Crippen molar-refractivity contribution in [2.24, 2.45) is 0 Å². The SMILES string of the molecule is CC(=O)[C@](C)(C(=O)OC[C@H]1OC(=O)[C@@H]2OC(C)(C)O[C@H]12)N(NC(=O)OC(C)C)C(=O)OC(C)C. The van der Waals surface area contributed by atoms with Gasteiger partial charge in [-0.25, -0.2) is 24.6 Å². The second-order valence-corrected chi connectivity index (χ2v) is 9.06. The van der Waals surface area contributed by atoms with E-state index in [1.807, 2.05) is 0 Å². The molecule has 0 aromatic carbocycles. The van der Waals surface area contributed by atoms with Gasteiger partial charge in [-0.1, -0.05) is 0 Å². The van der Waals surface area contributed by atoms with Gasteiger partial charge < -0.3 is 28.4 Å². The van der Waals surface area contributed by atoms with Crippen LogP contribution in [0.25, 0.3) is 0 Å². The van der Waals surface area contributed by atoms with E-state index in [4.69, 9.17) is 28.4 Å². The molecule has 2 aliphatic heterocycles. The van der Waals surface area contributed by atoms with E-state index >= 15 is 0 Å². The molecule has 0 bridgehead atoms. The van der Waals surface area contributed by atoms with E-state index in [-0.39, 0.29) is 0 Å². The highest BCUT2D eigenvalue weighted by molar-refractivity contribution is 6.09. The monoisotopic (exact) mass is 488 g/mol. The Kier molecular flexibility index (Phi) is 8.14. The lowest BCUT2D eigenvalue weighted by molar-refractivity contribution is -0.192. The van der Waals surface area contributed by atoms with E-state index in [2.05, 4.69) is 5.43 Å². The fourth-order valence-corrected chi connectivity index (χ4v) is 3.27. The maximum Gasteiger partial charge on any atom is 0.430 e. The first-order valence-corrected chi connectivity index (χ1v) is 10.8. The summed E-state index contributed by atoms with van der Waals surface area (Å²) in [7, 11) is 0. The van der Waals surface area contributed by atoms with Crippen molar-refractivity contribution < 1.29 is 52.4 Å². The van der Waals surface area contributed by atoms with Gasteiger partial charge in [0, 0.05) is 0 Å². The standard InChI is InChI=1S/C21H32N2O11/c1-10(2)30-18(27)22-23(19(28)31-11(3)4)21(8,12(5)24)17(26)29-9-13-14-15(16(25)32-13)34-20(6,7)33-14/h10-11,13-15H,9H2,1-8H3,(H,22,27)/t13-,14-,15-,21-/m1/s1. The molecule has 0 radical (unpaired) electrons. The highest BCUT2D eigenvalue weighted by atomic mass is 16.8. The predicted octanol–water partition coefficient (Wildman–Crippen LogP) is 1.22. The quantitative estimate of drug-likeness (QED) is 0.238. The number of ketones is 1. The predicted molar refractivity (Wildman–Crippen MR) is 112 cm³/mol. The number of esters is 2. The molecule has 2 aliphatic rings. The molecule has 2 rings (SSSR count). The second-order valence-electron chi connectivity index (χ2n) is 9.06. The number of fused-ring (bicyclic) bond motifs is 1. The molecule has 2 fully saturated rings. The fourth-order valence-electron chi connectivity index (χ4n) is 3.27. The Labute approximate surface area is 197 Å². The number of amides is 2. The summed E-state index contributed by atoms with van der Waals surface area (Å²) >= 11 is 0. The third-order valence-corrected chi connectivity index (χ3v) is 4.97. The molecule has 0 aliphatic carbocycles. The zero-order valence-corrected chi connectivity index (χ0v) is 20.5. The summed E-state index contributed by atoms with van der Waals surface area (Å²) in [5.74, 6) is -3.76. The van der Waals surface area contributed by atoms with Crippen LogP contribution in [0.15, 0.2) is 0 Å². The van der Waals surface area contributed by atoms with E-state index in [0.717, 1.165) is 13.8 Å². The van der Waals surface area contributed by atoms with Crippen molar-refractivity contribution in [3.63, 3.8) is 0 Å². The van der Waals surface area contributed by atoms with Crippen LogP contribution in [0.5, 0.6) is 0 Å². The molecule has 2 saturated heterocycles. The average Bonchev–Trinajstić information content (AvgIpc) is 3.15. The van der Waals surface area contributed by atoms with Crippen molar-refractivity contribution in [3.05, 3.63) is 0 Å². The number of carbonyl (C=O) groups is 5. The Morgan fingerprint density at radius 2 is 1.68 bits per heavy atom. The van der Waals surface area contributed by atoms with Crippen molar-refractivity contribution in [3.8, 4) is 0 Å². The molecule has 2 amide bonds. The summed E-state index contributed by atoms with van der Waals surface area (Å²) in [6.07, 6.45) is -6.30. The Balaban J connectivity index is 2.23. The number of nitrogens with zero attached hydrogens (tertiary/aromatic N) is 1. The maximum atomic E-state index is 13.1. The van der Waals surface area contributed by atoms with Crippen LogP contribution in [0.4, 0.5) is 9.59 Å². The van der Waals surface area contributed by atoms with Gasteiger partial charge in [0.1, 0.15) is 12.7 Å². The number of rotatable bonds is 7. The van der Waals surface area contributed by atoms with Crippen LogP contribution in [-0.2, 0) is 42.8 Å². The van der Waals surface area contributed by atoms with Gasteiger partial charge in [0.05, 0.1) is 12.2 Å². The number of hydrazine groups is 1. The maximum absolute atomic E-state index is 13.1. The summed E-state index contributed by atoms with van der Waals surface area (Å²) in [5, 5.41) is 0.421. The molecule has 4 atom stereocenters. The van der Waals surface area contributed by atoms with Crippen molar-refractivity contribution in [2.75, 3.05) is 6.61 Å². The fraction of sp³-hybridized carbons (Fsp3) is 0.762.